The van der Waals surface area contributed by atoms with E-state index in [1.807, 2.05) is 6.26 Å². The standard InChI is InChI=1S/C11H20N4S/c1-5-7-11(3,8-6-2)9-12-14-10(16-4)15-13-9/h5-8H2,1-4H3. The van der Waals surface area contributed by atoms with E-state index in [9.17, 15) is 0 Å². The van der Waals surface area contributed by atoms with E-state index in [-0.39, 0.29) is 5.41 Å². The van der Waals surface area contributed by atoms with Crippen LogP contribution in [0.1, 0.15) is 52.3 Å². The second-order valence-corrected chi connectivity index (χ2v) is 5.04. The Morgan fingerprint density at radius 2 is 1.50 bits per heavy atom. The van der Waals surface area contributed by atoms with E-state index < -0.39 is 0 Å². The summed E-state index contributed by atoms with van der Waals surface area (Å²) in [7, 11) is 0. The number of rotatable bonds is 6. The van der Waals surface area contributed by atoms with Gasteiger partial charge in [0.15, 0.2) is 5.82 Å². The highest BCUT2D eigenvalue weighted by Gasteiger charge is 2.28. The van der Waals surface area contributed by atoms with Crippen LogP contribution in [0.3, 0.4) is 0 Å². The third kappa shape index (κ3) is 3.14. The molecule has 4 nitrogen and oxygen atoms in total. The molecule has 1 heterocycles. The number of nitrogens with zero attached hydrogens (tertiary/aromatic N) is 4. The molecule has 0 unspecified atom stereocenters. The molecule has 5 heteroatoms. The highest BCUT2D eigenvalue weighted by atomic mass is 32.2. The highest BCUT2D eigenvalue weighted by molar-refractivity contribution is 7.98. The van der Waals surface area contributed by atoms with Crippen molar-refractivity contribution >= 4 is 11.8 Å². The molecule has 0 bridgehead atoms. The van der Waals surface area contributed by atoms with E-state index in [4.69, 9.17) is 0 Å². The molecule has 0 N–H and O–H groups in total. The summed E-state index contributed by atoms with van der Waals surface area (Å²) in [6.07, 6.45) is 6.36. The first-order chi connectivity index (χ1) is 7.66. The Hall–Kier alpha value is -0.710. The minimum absolute atomic E-state index is 0.0282. The van der Waals surface area contributed by atoms with Crippen molar-refractivity contribution in [1.29, 1.82) is 0 Å². The third-order valence-corrected chi connectivity index (χ3v) is 3.31. The van der Waals surface area contributed by atoms with Gasteiger partial charge < -0.3 is 0 Å². The zero-order chi connectivity index (χ0) is 12.0. The number of hydrogen-bond donors (Lipinski definition) is 0. The van der Waals surface area contributed by atoms with E-state index in [0.29, 0.717) is 5.16 Å². The minimum Gasteiger partial charge on any atom is -0.130 e. The first-order valence-electron chi connectivity index (χ1n) is 5.78. The van der Waals surface area contributed by atoms with Crippen LogP contribution in [-0.2, 0) is 5.41 Å². The van der Waals surface area contributed by atoms with Crippen LogP contribution in [0.4, 0.5) is 0 Å². The van der Waals surface area contributed by atoms with Gasteiger partial charge in [0, 0.05) is 5.41 Å². The predicted octanol–water partition coefficient (Wildman–Crippen LogP) is 2.85. The fourth-order valence-electron chi connectivity index (χ4n) is 2.00. The van der Waals surface area contributed by atoms with Gasteiger partial charge in [0.25, 0.3) is 0 Å². The van der Waals surface area contributed by atoms with Crippen LogP contribution >= 0.6 is 11.8 Å². The molecule has 0 saturated heterocycles. The van der Waals surface area contributed by atoms with E-state index in [1.165, 1.54) is 11.8 Å². The predicted molar refractivity (Wildman–Crippen MR) is 66.6 cm³/mol. The lowest BCUT2D eigenvalue weighted by Crippen LogP contribution is -2.26. The van der Waals surface area contributed by atoms with Crippen LogP contribution in [-0.4, -0.2) is 26.7 Å². The van der Waals surface area contributed by atoms with Gasteiger partial charge in [-0.25, -0.2) is 0 Å². The first kappa shape index (κ1) is 13.4. The van der Waals surface area contributed by atoms with Crippen molar-refractivity contribution in [2.45, 2.75) is 57.0 Å². The molecule has 0 aliphatic carbocycles. The maximum Gasteiger partial charge on any atom is 0.229 e. The van der Waals surface area contributed by atoms with Gasteiger partial charge in [0.1, 0.15) is 0 Å². The molecule has 0 fully saturated rings. The number of aromatic nitrogens is 4. The normalized spacial score (nSPS) is 11.8. The number of thioether (sulfide) groups is 1. The maximum atomic E-state index is 4.21. The van der Waals surface area contributed by atoms with Crippen molar-refractivity contribution < 1.29 is 0 Å². The Morgan fingerprint density at radius 1 is 1.00 bits per heavy atom. The molecule has 0 aliphatic heterocycles. The van der Waals surface area contributed by atoms with Crippen LogP contribution in [0.5, 0.6) is 0 Å². The molecule has 0 atom stereocenters. The lowest BCUT2D eigenvalue weighted by molar-refractivity contribution is 0.356. The quantitative estimate of drug-likeness (QED) is 0.716. The summed E-state index contributed by atoms with van der Waals surface area (Å²) in [5.41, 5.74) is 0.0282. The number of hydrogen-bond acceptors (Lipinski definition) is 5. The molecule has 0 aromatic carbocycles. The maximum absolute atomic E-state index is 4.21. The van der Waals surface area contributed by atoms with Gasteiger partial charge in [-0.15, -0.1) is 20.4 Å². The monoisotopic (exact) mass is 240 g/mol. The fraction of sp³-hybridized carbons (Fsp3) is 0.818. The summed E-state index contributed by atoms with van der Waals surface area (Å²) < 4.78 is 0. The smallest absolute Gasteiger partial charge is 0.130 e. The molecule has 1 aromatic heterocycles. The van der Waals surface area contributed by atoms with Crippen molar-refractivity contribution in [1.82, 2.24) is 20.4 Å². The zero-order valence-electron chi connectivity index (χ0n) is 10.5. The van der Waals surface area contributed by atoms with E-state index in [1.54, 1.807) is 0 Å². The second-order valence-electron chi connectivity index (χ2n) is 4.27. The van der Waals surface area contributed by atoms with Gasteiger partial charge in [-0.05, 0) is 19.1 Å². The first-order valence-corrected chi connectivity index (χ1v) is 7.00. The van der Waals surface area contributed by atoms with Gasteiger partial charge in [0.05, 0.1) is 0 Å². The second kappa shape index (κ2) is 6.13. The fourth-order valence-corrected chi connectivity index (χ4v) is 2.24. The van der Waals surface area contributed by atoms with Gasteiger partial charge >= 0.3 is 0 Å². The molecule has 1 rings (SSSR count). The average molecular weight is 240 g/mol. The van der Waals surface area contributed by atoms with E-state index >= 15 is 0 Å². The molecule has 0 amide bonds. The van der Waals surface area contributed by atoms with E-state index in [2.05, 4.69) is 41.2 Å². The molecule has 0 radical (unpaired) electrons. The van der Waals surface area contributed by atoms with Gasteiger partial charge in [-0.2, -0.15) is 0 Å². The largest absolute Gasteiger partial charge is 0.229 e. The summed E-state index contributed by atoms with van der Waals surface area (Å²) in [6, 6.07) is 0. The lowest BCUT2D eigenvalue weighted by atomic mass is 9.80. The average Bonchev–Trinajstić information content (AvgIpc) is 2.30. The third-order valence-electron chi connectivity index (χ3n) is 2.79. The molecule has 1 aromatic rings. The Morgan fingerprint density at radius 3 is 1.88 bits per heavy atom. The van der Waals surface area contributed by atoms with Gasteiger partial charge in [-0.3, -0.25) is 0 Å². The molecular weight excluding hydrogens is 220 g/mol. The molecule has 0 spiro atoms. The lowest BCUT2D eigenvalue weighted by Gasteiger charge is -2.25. The summed E-state index contributed by atoms with van der Waals surface area (Å²) in [5.74, 6) is 0.786. The molecule has 0 aliphatic rings. The Bertz CT molecular complexity index is 306. The summed E-state index contributed by atoms with van der Waals surface area (Å²) >= 11 is 1.47. The van der Waals surface area contributed by atoms with Crippen molar-refractivity contribution in [3.63, 3.8) is 0 Å². The summed E-state index contributed by atoms with van der Waals surface area (Å²) in [4.78, 5) is 0. The SMILES string of the molecule is CCCC(C)(CCC)c1nnc(SC)nn1. The van der Waals surface area contributed by atoms with Crippen LogP contribution < -0.4 is 0 Å². The van der Waals surface area contributed by atoms with E-state index in [0.717, 1.165) is 31.5 Å². The molecule has 90 valence electrons. The van der Waals surface area contributed by atoms with Crippen LogP contribution in [0.15, 0.2) is 5.16 Å². The molecule has 0 saturated carbocycles. The summed E-state index contributed by atoms with van der Waals surface area (Å²) in [5, 5.41) is 17.2. The van der Waals surface area contributed by atoms with Crippen molar-refractivity contribution in [2.75, 3.05) is 6.26 Å². The Kier molecular flexibility index (Phi) is 5.12. The van der Waals surface area contributed by atoms with Crippen molar-refractivity contribution in [2.24, 2.45) is 0 Å². The van der Waals surface area contributed by atoms with Crippen LogP contribution in [0.2, 0.25) is 0 Å². The van der Waals surface area contributed by atoms with Crippen molar-refractivity contribution in [3.05, 3.63) is 5.82 Å². The molecule has 16 heavy (non-hydrogen) atoms. The Labute approximate surface area is 102 Å². The Balaban J connectivity index is 2.91. The van der Waals surface area contributed by atoms with Crippen LogP contribution in [0, 0.1) is 0 Å². The van der Waals surface area contributed by atoms with Gasteiger partial charge in [0.2, 0.25) is 5.16 Å². The summed E-state index contributed by atoms with van der Waals surface area (Å²) in [6.45, 7) is 6.58. The van der Waals surface area contributed by atoms with Crippen molar-refractivity contribution in [3.8, 4) is 0 Å². The van der Waals surface area contributed by atoms with Crippen LogP contribution in [0.25, 0.3) is 0 Å². The van der Waals surface area contributed by atoms with Gasteiger partial charge in [-0.1, -0.05) is 45.4 Å². The molecular formula is C11H20N4S. The zero-order valence-corrected chi connectivity index (χ0v) is 11.3. The highest BCUT2D eigenvalue weighted by Crippen LogP contribution is 2.30. The minimum atomic E-state index is 0.0282. The topological polar surface area (TPSA) is 51.6 Å².